The first kappa shape index (κ1) is 21.7. The minimum absolute atomic E-state index is 0.00760. The van der Waals surface area contributed by atoms with Crippen LogP contribution in [0.2, 0.25) is 0 Å². The molecule has 7 N–H and O–H groups in total. The van der Waals surface area contributed by atoms with Crippen LogP contribution in [0.4, 0.5) is 10.5 Å². The second-order valence-corrected chi connectivity index (χ2v) is 9.87. The Morgan fingerprint density at radius 2 is 2.09 bits per heavy atom. The zero-order valence-electron chi connectivity index (χ0n) is 17.8. The highest BCUT2D eigenvalue weighted by atomic mass is 32.2. The first-order valence-corrected chi connectivity index (χ1v) is 11.7. The molecular formula is C23H29N5O3S. The Balaban J connectivity index is 1.59. The van der Waals surface area contributed by atoms with Crippen molar-refractivity contribution in [2.75, 3.05) is 38.2 Å². The number of hydrogen-bond acceptors (Lipinski definition) is 7. The predicted octanol–water partition coefficient (Wildman–Crippen LogP) is 1.50. The lowest BCUT2D eigenvalue weighted by atomic mass is 9.77. The summed E-state index contributed by atoms with van der Waals surface area (Å²) in [5.74, 6) is 0.00760. The zero-order valence-corrected chi connectivity index (χ0v) is 18.6. The van der Waals surface area contributed by atoms with E-state index in [1.165, 1.54) is 10.5 Å². The Labute approximate surface area is 191 Å². The minimum atomic E-state index is -0.842. The van der Waals surface area contributed by atoms with Gasteiger partial charge in [0.15, 0.2) is 0 Å². The third-order valence-electron chi connectivity index (χ3n) is 6.81. The molecular weight excluding hydrogens is 426 g/mol. The number of ether oxygens (including phenoxy) is 1. The maximum Gasteiger partial charge on any atom is 0.320 e. The van der Waals surface area contributed by atoms with Gasteiger partial charge in [0.1, 0.15) is 5.66 Å². The van der Waals surface area contributed by atoms with Gasteiger partial charge in [-0.3, -0.25) is 10.0 Å². The smallest absolute Gasteiger partial charge is 0.320 e. The summed E-state index contributed by atoms with van der Waals surface area (Å²) in [6, 6.07) is 13.8. The molecule has 5 rings (SSSR count). The molecule has 3 aliphatic rings. The summed E-state index contributed by atoms with van der Waals surface area (Å²) < 4.78 is 8.97. The van der Waals surface area contributed by atoms with Gasteiger partial charge in [-0.1, -0.05) is 24.3 Å². The number of aliphatic hydroxyl groups excluding tert-OH is 1. The van der Waals surface area contributed by atoms with Gasteiger partial charge in [0.2, 0.25) is 0 Å². The number of nitrogens with two attached hydrogens (primary N) is 1. The van der Waals surface area contributed by atoms with E-state index in [9.17, 15) is 9.90 Å². The number of amides is 2. The lowest BCUT2D eigenvalue weighted by Gasteiger charge is -2.49. The zero-order chi connectivity index (χ0) is 22.2. The molecule has 0 saturated carbocycles. The van der Waals surface area contributed by atoms with E-state index in [1.807, 2.05) is 24.3 Å². The van der Waals surface area contributed by atoms with Crippen molar-refractivity contribution in [1.29, 1.82) is 0 Å². The van der Waals surface area contributed by atoms with Crippen molar-refractivity contribution < 1.29 is 14.6 Å². The van der Waals surface area contributed by atoms with E-state index in [0.717, 1.165) is 23.2 Å². The van der Waals surface area contributed by atoms with Crippen molar-refractivity contribution in [2.45, 2.75) is 23.6 Å². The van der Waals surface area contributed by atoms with Crippen LogP contribution in [-0.2, 0) is 23.4 Å². The van der Waals surface area contributed by atoms with Crippen LogP contribution >= 0.6 is 11.9 Å². The van der Waals surface area contributed by atoms with E-state index in [0.29, 0.717) is 32.8 Å². The Kier molecular flexibility index (Phi) is 5.87. The highest BCUT2D eigenvalue weighted by Gasteiger charge is 2.49. The number of anilines is 1. The molecule has 170 valence electrons. The number of carbonyl (C=O) groups is 1. The molecule has 32 heavy (non-hydrogen) atoms. The number of aliphatic hydroxyl groups is 1. The number of rotatable bonds is 6. The van der Waals surface area contributed by atoms with E-state index < -0.39 is 5.66 Å². The van der Waals surface area contributed by atoms with Crippen LogP contribution in [0.1, 0.15) is 16.7 Å². The summed E-state index contributed by atoms with van der Waals surface area (Å²) in [7, 11) is 0. The largest absolute Gasteiger partial charge is 0.392 e. The molecule has 8 nitrogen and oxygen atoms in total. The lowest BCUT2D eigenvalue weighted by molar-refractivity contribution is -0.109. The maximum absolute atomic E-state index is 12.9. The molecule has 0 bridgehead atoms. The van der Waals surface area contributed by atoms with Gasteiger partial charge < -0.3 is 26.2 Å². The standard InChI is InChI=1S/C23H29N5O3S/c24-11-22(13-31-14-22)12-25-23(17-8-16-3-1-2-4-20(16)32-26-9-17)18-7-15(10-29)5-6-19(18)27-21(30)28-23/h1-7,17,25-26,29H,8-14,24H2,(H2,27,28,30). The van der Waals surface area contributed by atoms with Crippen molar-refractivity contribution in [3.05, 3.63) is 59.2 Å². The average molecular weight is 456 g/mol. The Hall–Kier alpha value is -2.14. The van der Waals surface area contributed by atoms with Crippen molar-refractivity contribution in [2.24, 2.45) is 17.1 Å². The molecule has 2 aromatic carbocycles. The van der Waals surface area contributed by atoms with Gasteiger partial charge in [0.25, 0.3) is 0 Å². The van der Waals surface area contributed by atoms with Gasteiger partial charge in [-0.05, 0) is 47.7 Å². The molecule has 0 spiro atoms. The summed E-state index contributed by atoms with van der Waals surface area (Å²) in [4.78, 5) is 14.1. The summed E-state index contributed by atoms with van der Waals surface area (Å²) in [5.41, 5.74) is 8.80. The second kappa shape index (κ2) is 8.66. The molecule has 2 amide bonds. The molecule has 1 fully saturated rings. The second-order valence-electron chi connectivity index (χ2n) is 8.93. The van der Waals surface area contributed by atoms with Crippen LogP contribution in [-0.4, -0.2) is 44.0 Å². The average Bonchev–Trinajstić information content (AvgIpc) is 3.01. The molecule has 2 unspecified atom stereocenters. The van der Waals surface area contributed by atoms with Crippen molar-refractivity contribution in [3.8, 4) is 0 Å². The third-order valence-corrected chi connectivity index (χ3v) is 7.73. The number of carbonyl (C=O) groups excluding carboxylic acids is 1. The molecule has 3 aliphatic heterocycles. The molecule has 2 aromatic rings. The van der Waals surface area contributed by atoms with Crippen LogP contribution in [0, 0.1) is 11.3 Å². The summed E-state index contributed by atoms with van der Waals surface area (Å²) in [5, 5.41) is 19.7. The molecule has 0 radical (unpaired) electrons. The monoisotopic (exact) mass is 455 g/mol. The van der Waals surface area contributed by atoms with Gasteiger partial charge in [0.05, 0.1) is 19.8 Å². The summed E-state index contributed by atoms with van der Waals surface area (Å²) in [6.07, 6.45) is 0.776. The number of urea groups is 1. The number of nitrogens with one attached hydrogen (secondary N) is 4. The highest BCUT2D eigenvalue weighted by molar-refractivity contribution is 7.97. The number of benzene rings is 2. The predicted molar refractivity (Wildman–Crippen MR) is 124 cm³/mol. The fourth-order valence-electron chi connectivity index (χ4n) is 4.78. The van der Waals surface area contributed by atoms with Gasteiger partial charge >= 0.3 is 6.03 Å². The SMILES string of the molecule is NCC1(CNC2(C3CNSc4ccccc4C3)NC(=O)Nc3ccc(CO)cc32)COC1. The first-order valence-electron chi connectivity index (χ1n) is 10.9. The van der Waals surface area contributed by atoms with Crippen LogP contribution < -0.4 is 26.4 Å². The van der Waals surface area contributed by atoms with Crippen molar-refractivity contribution >= 4 is 23.7 Å². The lowest BCUT2D eigenvalue weighted by Crippen LogP contribution is -2.68. The van der Waals surface area contributed by atoms with E-state index in [2.05, 4.69) is 38.9 Å². The maximum atomic E-state index is 12.9. The normalized spacial score (nSPS) is 26.1. The van der Waals surface area contributed by atoms with E-state index >= 15 is 0 Å². The topological polar surface area (TPSA) is 121 Å². The first-order chi connectivity index (χ1) is 15.6. The van der Waals surface area contributed by atoms with Gasteiger partial charge in [-0.2, -0.15) is 0 Å². The quantitative estimate of drug-likeness (QED) is 0.365. The van der Waals surface area contributed by atoms with Crippen molar-refractivity contribution in [1.82, 2.24) is 15.4 Å². The van der Waals surface area contributed by atoms with Gasteiger partial charge in [-0.15, -0.1) is 0 Å². The Morgan fingerprint density at radius 1 is 1.25 bits per heavy atom. The van der Waals surface area contributed by atoms with Crippen LogP contribution in [0.25, 0.3) is 0 Å². The van der Waals surface area contributed by atoms with E-state index in [-0.39, 0.29) is 24.0 Å². The molecule has 9 heteroatoms. The third kappa shape index (κ3) is 3.79. The molecule has 3 heterocycles. The molecule has 2 atom stereocenters. The molecule has 0 aliphatic carbocycles. The number of fused-ring (bicyclic) bond motifs is 2. The minimum Gasteiger partial charge on any atom is -0.392 e. The Bertz CT molecular complexity index is 1010. The van der Waals surface area contributed by atoms with E-state index in [4.69, 9.17) is 10.5 Å². The fraction of sp³-hybridized carbons (Fsp3) is 0.435. The van der Waals surface area contributed by atoms with E-state index in [1.54, 1.807) is 11.9 Å². The van der Waals surface area contributed by atoms with Crippen LogP contribution in [0.15, 0.2) is 47.4 Å². The van der Waals surface area contributed by atoms with Crippen LogP contribution in [0.5, 0.6) is 0 Å². The molecule has 1 saturated heterocycles. The van der Waals surface area contributed by atoms with Gasteiger partial charge in [0, 0.05) is 47.1 Å². The van der Waals surface area contributed by atoms with Crippen molar-refractivity contribution in [3.63, 3.8) is 0 Å². The Morgan fingerprint density at radius 3 is 2.84 bits per heavy atom. The molecule has 0 aromatic heterocycles. The van der Waals surface area contributed by atoms with Crippen LogP contribution in [0.3, 0.4) is 0 Å². The highest BCUT2D eigenvalue weighted by Crippen LogP contribution is 2.41. The fourth-order valence-corrected chi connectivity index (χ4v) is 5.65. The summed E-state index contributed by atoms with van der Waals surface area (Å²) in [6.45, 7) is 2.93. The number of hydrogen-bond donors (Lipinski definition) is 6. The summed E-state index contributed by atoms with van der Waals surface area (Å²) >= 11 is 1.62. The van der Waals surface area contributed by atoms with Gasteiger partial charge in [-0.25, -0.2) is 4.79 Å².